The summed E-state index contributed by atoms with van der Waals surface area (Å²) < 4.78 is 55.2. The highest BCUT2D eigenvalue weighted by Crippen LogP contribution is 2.38. The van der Waals surface area contributed by atoms with Crippen molar-refractivity contribution < 1.29 is 32.2 Å². The Kier molecular flexibility index (Phi) is 6.53. The molecule has 0 aromatic heterocycles. The highest BCUT2D eigenvalue weighted by Gasteiger charge is 2.41. The van der Waals surface area contributed by atoms with Crippen LogP contribution >= 0.6 is 0 Å². The van der Waals surface area contributed by atoms with Gasteiger partial charge in [0.25, 0.3) is 5.91 Å². The van der Waals surface area contributed by atoms with E-state index >= 15 is 0 Å². The molecule has 0 atom stereocenters. The molecule has 0 bridgehead atoms. The summed E-state index contributed by atoms with van der Waals surface area (Å²) in [5.74, 6) is -0.0590. The van der Waals surface area contributed by atoms with Gasteiger partial charge in [-0.05, 0) is 48.2 Å². The Morgan fingerprint density at radius 1 is 0.970 bits per heavy atom. The number of methoxy groups -OCH3 is 2. The Morgan fingerprint density at radius 2 is 1.55 bits per heavy atom. The lowest BCUT2D eigenvalue weighted by atomic mass is 9.73. The molecule has 8 heteroatoms. The first kappa shape index (κ1) is 23.7. The molecule has 2 aliphatic rings. The maximum Gasteiger partial charge on any atom is 0.416 e. The zero-order valence-electron chi connectivity index (χ0n) is 18.8. The fourth-order valence-electron chi connectivity index (χ4n) is 4.73. The van der Waals surface area contributed by atoms with Gasteiger partial charge in [0.05, 0.1) is 25.4 Å². The molecule has 2 fully saturated rings. The molecular formula is C25H28F3NO4. The molecule has 2 aromatic rings. The Hall–Kier alpha value is -2.42. The number of rotatable bonds is 6. The number of likely N-dealkylation sites (tertiary alicyclic amines) is 1. The molecule has 0 radical (unpaired) electrons. The van der Waals surface area contributed by atoms with Crippen molar-refractivity contribution in [1.82, 2.24) is 4.90 Å². The van der Waals surface area contributed by atoms with Crippen molar-refractivity contribution in [3.8, 4) is 0 Å². The van der Waals surface area contributed by atoms with E-state index in [1.165, 1.54) is 12.1 Å². The molecule has 178 valence electrons. The minimum Gasteiger partial charge on any atom is -0.384 e. The second-order valence-electron chi connectivity index (χ2n) is 8.85. The first-order chi connectivity index (χ1) is 15.7. The summed E-state index contributed by atoms with van der Waals surface area (Å²) in [6.45, 7) is 2.38. The van der Waals surface area contributed by atoms with Gasteiger partial charge in [-0.3, -0.25) is 4.79 Å². The maximum atomic E-state index is 13.1. The van der Waals surface area contributed by atoms with Crippen LogP contribution in [0.1, 0.15) is 39.9 Å². The van der Waals surface area contributed by atoms with Gasteiger partial charge in [0.2, 0.25) is 0 Å². The summed E-state index contributed by atoms with van der Waals surface area (Å²) in [6.07, 6.45) is -3.15. The second-order valence-corrected chi connectivity index (χ2v) is 8.85. The van der Waals surface area contributed by atoms with Crippen molar-refractivity contribution in [3.05, 3.63) is 70.8 Å². The first-order valence-electron chi connectivity index (χ1n) is 10.9. The minimum absolute atomic E-state index is 0.0590. The lowest BCUT2D eigenvalue weighted by molar-refractivity contribution is -0.202. The van der Waals surface area contributed by atoms with E-state index in [0.29, 0.717) is 51.3 Å². The zero-order chi connectivity index (χ0) is 23.7. The van der Waals surface area contributed by atoms with Crippen LogP contribution < -0.4 is 0 Å². The lowest BCUT2D eigenvalue weighted by Crippen LogP contribution is -2.48. The van der Waals surface area contributed by atoms with E-state index < -0.39 is 22.8 Å². The van der Waals surface area contributed by atoms with Crippen molar-refractivity contribution in [2.24, 2.45) is 0 Å². The third-order valence-corrected chi connectivity index (χ3v) is 6.97. The molecule has 4 rings (SSSR count). The van der Waals surface area contributed by atoms with Crippen molar-refractivity contribution in [2.75, 3.05) is 47.1 Å². The van der Waals surface area contributed by atoms with Crippen LogP contribution in [0.25, 0.3) is 0 Å². The van der Waals surface area contributed by atoms with E-state index in [2.05, 4.69) is 0 Å². The average Bonchev–Trinajstić information content (AvgIpc) is 2.79. The Morgan fingerprint density at radius 3 is 2.00 bits per heavy atom. The highest BCUT2D eigenvalue weighted by molar-refractivity contribution is 5.94. The van der Waals surface area contributed by atoms with E-state index in [1.54, 1.807) is 19.1 Å². The molecule has 5 nitrogen and oxygen atoms in total. The number of hydrogen-bond donors (Lipinski definition) is 0. The topological polar surface area (TPSA) is 48.0 Å². The SMILES string of the molecule is COCC1(c2ccc(C(F)(F)F)cc2)CCN(C(=O)c2ccc(C3(OC)COC3)cc2)CC1. The van der Waals surface area contributed by atoms with Gasteiger partial charge in [-0.15, -0.1) is 0 Å². The fourth-order valence-corrected chi connectivity index (χ4v) is 4.73. The van der Waals surface area contributed by atoms with Gasteiger partial charge >= 0.3 is 6.18 Å². The predicted octanol–water partition coefficient (Wildman–Crippen LogP) is 4.40. The predicted molar refractivity (Wildman–Crippen MR) is 116 cm³/mol. The fraction of sp³-hybridized carbons (Fsp3) is 0.480. The van der Waals surface area contributed by atoms with Gasteiger partial charge in [-0.25, -0.2) is 0 Å². The highest BCUT2D eigenvalue weighted by atomic mass is 19.4. The molecule has 33 heavy (non-hydrogen) atoms. The average molecular weight is 463 g/mol. The third kappa shape index (κ3) is 4.52. The van der Waals surface area contributed by atoms with Crippen LogP contribution in [0.5, 0.6) is 0 Å². The summed E-state index contributed by atoms with van der Waals surface area (Å²) >= 11 is 0. The number of nitrogens with zero attached hydrogens (tertiary/aromatic N) is 1. The van der Waals surface area contributed by atoms with Gasteiger partial charge in [0.1, 0.15) is 5.60 Å². The van der Waals surface area contributed by atoms with E-state index in [1.807, 2.05) is 24.3 Å². The molecule has 0 unspecified atom stereocenters. The number of carbonyl (C=O) groups excluding carboxylic acids is 1. The zero-order valence-corrected chi connectivity index (χ0v) is 18.8. The summed E-state index contributed by atoms with van der Waals surface area (Å²) in [6, 6.07) is 12.7. The summed E-state index contributed by atoms with van der Waals surface area (Å²) in [7, 11) is 3.24. The van der Waals surface area contributed by atoms with Crippen LogP contribution in [0, 0.1) is 0 Å². The van der Waals surface area contributed by atoms with Crippen LogP contribution in [-0.2, 0) is 31.4 Å². The molecule has 2 heterocycles. The molecule has 0 saturated carbocycles. The number of hydrogen-bond acceptors (Lipinski definition) is 4. The van der Waals surface area contributed by atoms with Gasteiger partial charge in [0, 0.05) is 38.3 Å². The number of carbonyl (C=O) groups is 1. The summed E-state index contributed by atoms with van der Waals surface area (Å²) in [5.41, 5.74) is 0.856. The summed E-state index contributed by atoms with van der Waals surface area (Å²) in [4.78, 5) is 14.9. The number of piperidine rings is 1. The molecule has 0 aliphatic carbocycles. The Bertz CT molecular complexity index is 955. The van der Waals surface area contributed by atoms with Crippen LogP contribution in [0.15, 0.2) is 48.5 Å². The molecule has 0 spiro atoms. The van der Waals surface area contributed by atoms with Crippen molar-refractivity contribution in [2.45, 2.75) is 30.0 Å². The van der Waals surface area contributed by atoms with Gasteiger partial charge in [0.15, 0.2) is 0 Å². The van der Waals surface area contributed by atoms with Crippen LogP contribution in [0.3, 0.4) is 0 Å². The van der Waals surface area contributed by atoms with E-state index in [-0.39, 0.29) is 5.91 Å². The monoisotopic (exact) mass is 463 g/mol. The van der Waals surface area contributed by atoms with Gasteiger partial charge in [-0.1, -0.05) is 24.3 Å². The molecule has 2 aliphatic heterocycles. The van der Waals surface area contributed by atoms with Crippen LogP contribution in [-0.4, -0.2) is 57.9 Å². The Labute approximate surface area is 191 Å². The van der Waals surface area contributed by atoms with Crippen LogP contribution in [0.2, 0.25) is 0 Å². The standard InChI is InChI=1S/C25H28F3NO4/c1-31-15-23(19-7-9-21(10-8-19)25(26,27)28)11-13-29(14-12-23)22(30)18-3-5-20(6-4-18)24(32-2)16-33-17-24/h3-10H,11-17H2,1-2H3. The van der Waals surface area contributed by atoms with Gasteiger partial charge < -0.3 is 19.1 Å². The molecule has 2 saturated heterocycles. The third-order valence-electron chi connectivity index (χ3n) is 6.97. The smallest absolute Gasteiger partial charge is 0.384 e. The normalized spacial score (nSPS) is 19.7. The number of ether oxygens (including phenoxy) is 3. The number of halogens is 3. The molecule has 1 amide bonds. The molecule has 2 aromatic carbocycles. The van der Waals surface area contributed by atoms with Crippen molar-refractivity contribution in [1.29, 1.82) is 0 Å². The van der Waals surface area contributed by atoms with Crippen LogP contribution in [0.4, 0.5) is 13.2 Å². The minimum atomic E-state index is -4.37. The number of benzene rings is 2. The quantitative estimate of drug-likeness (QED) is 0.637. The Balaban J connectivity index is 1.45. The largest absolute Gasteiger partial charge is 0.416 e. The maximum absolute atomic E-state index is 13.1. The van der Waals surface area contributed by atoms with Gasteiger partial charge in [-0.2, -0.15) is 13.2 Å². The van der Waals surface area contributed by atoms with Crippen molar-refractivity contribution in [3.63, 3.8) is 0 Å². The summed E-state index contributed by atoms with van der Waals surface area (Å²) in [5, 5.41) is 0. The van der Waals surface area contributed by atoms with Crippen molar-refractivity contribution >= 4 is 5.91 Å². The van der Waals surface area contributed by atoms with E-state index in [9.17, 15) is 18.0 Å². The lowest BCUT2D eigenvalue weighted by Gasteiger charge is -2.42. The second kappa shape index (κ2) is 9.08. The first-order valence-corrected chi connectivity index (χ1v) is 10.9. The molecule has 0 N–H and O–H groups in total. The molecular weight excluding hydrogens is 435 g/mol. The number of alkyl halides is 3. The van der Waals surface area contributed by atoms with E-state index in [4.69, 9.17) is 14.2 Å². The van der Waals surface area contributed by atoms with E-state index in [0.717, 1.165) is 23.3 Å². The number of amides is 1.